The van der Waals surface area contributed by atoms with E-state index in [1.54, 1.807) is 48.5 Å². The zero-order valence-electron chi connectivity index (χ0n) is 15.3. The highest BCUT2D eigenvalue weighted by Crippen LogP contribution is 2.26. The van der Waals surface area contributed by atoms with E-state index in [-0.39, 0.29) is 18.2 Å². The van der Waals surface area contributed by atoms with Crippen molar-refractivity contribution in [3.05, 3.63) is 88.4 Å². The molecule has 6 heteroatoms. The number of hydrogen-bond donors (Lipinski definition) is 2. The molecule has 0 heterocycles. The molecule has 0 saturated carbocycles. The number of nitrogens with one attached hydrogen (secondary N) is 1. The number of aromatic hydroxyl groups is 1. The molecule has 0 unspecified atom stereocenters. The Morgan fingerprint density at radius 1 is 1.00 bits per heavy atom. The number of hydrogen-bond acceptors (Lipinski definition) is 4. The van der Waals surface area contributed by atoms with Gasteiger partial charge in [0.15, 0.2) is 11.5 Å². The maximum atomic E-state index is 12.6. The van der Waals surface area contributed by atoms with Gasteiger partial charge in [-0.05, 0) is 47.5 Å². The normalized spacial score (nSPS) is 10.4. The summed E-state index contributed by atoms with van der Waals surface area (Å²) in [7, 11) is 1.48. The van der Waals surface area contributed by atoms with E-state index in [9.17, 15) is 9.90 Å². The zero-order valence-corrected chi connectivity index (χ0v) is 16.1. The minimum Gasteiger partial charge on any atom is -0.504 e. The summed E-state index contributed by atoms with van der Waals surface area (Å²) in [5.41, 5.74) is 2.15. The van der Waals surface area contributed by atoms with Crippen molar-refractivity contribution in [3.63, 3.8) is 0 Å². The van der Waals surface area contributed by atoms with Crippen molar-refractivity contribution in [2.75, 3.05) is 7.11 Å². The molecule has 1 amide bonds. The van der Waals surface area contributed by atoms with Crippen LogP contribution in [0.15, 0.2) is 66.7 Å². The van der Waals surface area contributed by atoms with Crippen LogP contribution in [0.25, 0.3) is 0 Å². The first-order valence-electron chi connectivity index (χ1n) is 8.67. The molecular weight excluding hydrogens is 378 g/mol. The summed E-state index contributed by atoms with van der Waals surface area (Å²) in [6, 6.07) is 19.4. The zero-order chi connectivity index (χ0) is 19.9. The fourth-order valence-corrected chi connectivity index (χ4v) is 2.77. The van der Waals surface area contributed by atoms with Crippen LogP contribution in [0.4, 0.5) is 0 Å². The average Bonchev–Trinajstić information content (AvgIpc) is 2.72. The second kappa shape index (κ2) is 9.15. The van der Waals surface area contributed by atoms with E-state index in [0.29, 0.717) is 28.7 Å². The van der Waals surface area contributed by atoms with Gasteiger partial charge < -0.3 is 19.9 Å². The van der Waals surface area contributed by atoms with Crippen molar-refractivity contribution in [1.29, 1.82) is 0 Å². The number of ether oxygens (including phenoxy) is 2. The van der Waals surface area contributed by atoms with Gasteiger partial charge in [-0.2, -0.15) is 0 Å². The van der Waals surface area contributed by atoms with Gasteiger partial charge in [0.1, 0.15) is 12.4 Å². The highest BCUT2D eigenvalue weighted by Gasteiger charge is 2.12. The number of carbonyl (C=O) groups excluding carboxylic acids is 1. The number of amides is 1. The predicted molar refractivity (Wildman–Crippen MR) is 108 cm³/mol. The van der Waals surface area contributed by atoms with Gasteiger partial charge >= 0.3 is 0 Å². The number of halogens is 1. The molecule has 3 rings (SSSR count). The monoisotopic (exact) mass is 397 g/mol. The van der Waals surface area contributed by atoms with Gasteiger partial charge in [-0.1, -0.05) is 41.9 Å². The molecule has 0 spiro atoms. The fourth-order valence-electron chi connectivity index (χ4n) is 2.64. The van der Waals surface area contributed by atoms with Crippen molar-refractivity contribution < 1.29 is 19.4 Å². The molecule has 0 aliphatic carbocycles. The first kappa shape index (κ1) is 19.6. The molecular formula is C22H20ClNO4. The summed E-state index contributed by atoms with van der Waals surface area (Å²) in [6.07, 6.45) is 0. The molecule has 5 nitrogen and oxygen atoms in total. The van der Waals surface area contributed by atoms with Crippen LogP contribution in [0.1, 0.15) is 21.5 Å². The Balaban J connectivity index is 1.65. The van der Waals surface area contributed by atoms with Crippen molar-refractivity contribution >= 4 is 17.5 Å². The molecule has 144 valence electrons. The van der Waals surface area contributed by atoms with Crippen molar-refractivity contribution in [2.45, 2.75) is 13.2 Å². The molecule has 0 fully saturated rings. The van der Waals surface area contributed by atoms with E-state index in [1.165, 1.54) is 7.11 Å². The number of phenolic OH excluding ortho intramolecular Hbond substituents is 1. The van der Waals surface area contributed by atoms with Crippen LogP contribution < -0.4 is 14.8 Å². The summed E-state index contributed by atoms with van der Waals surface area (Å²) < 4.78 is 10.8. The molecule has 28 heavy (non-hydrogen) atoms. The largest absolute Gasteiger partial charge is 0.504 e. The number of benzene rings is 3. The molecule has 3 aromatic carbocycles. The third kappa shape index (κ3) is 4.96. The molecule has 2 N–H and O–H groups in total. The molecule has 0 radical (unpaired) electrons. The van der Waals surface area contributed by atoms with Crippen LogP contribution in [-0.4, -0.2) is 18.1 Å². The SMILES string of the molecule is COc1ccc(CNC(=O)c2ccccc2OCc2ccc(Cl)cc2)cc1O. The van der Waals surface area contributed by atoms with Gasteiger partial charge in [0.05, 0.1) is 12.7 Å². The van der Waals surface area contributed by atoms with E-state index in [0.717, 1.165) is 11.1 Å². The molecule has 0 aliphatic heterocycles. The highest BCUT2D eigenvalue weighted by molar-refractivity contribution is 6.30. The standard InChI is InChI=1S/C22H20ClNO4/c1-27-21-11-8-16(12-19(21)25)13-24-22(26)18-4-2-3-5-20(18)28-14-15-6-9-17(23)10-7-15/h2-12,25H,13-14H2,1H3,(H,24,26). The lowest BCUT2D eigenvalue weighted by Crippen LogP contribution is -2.23. The van der Waals surface area contributed by atoms with Gasteiger partial charge in [-0.25, -0.2) is 0 Å². The number of methoxy groups -OCH3 is 1. The van der Waals surface area contributed by atoms with Gasteiger partial charge in [0, 0.05) is 11.6 Å². The average molecular weight is 398 g/mol. The molecule has 0 aliphatic rings. The van der Waals surface area contributed by atoms with Crippen molar-refractivity contribution in [3.8, 4) is 17.2 Å². The van der Waals surface area contributed by atoms with E-state index in [4.69, 9.17) is 21.1 Å². The lowest BCUT2D eigenvalue weighted by Gasteiger charge is -2.12. The number of para-hydroxylation sites is 1. The van der Waals surface area contributed by atoms with Gasteiger partial charge in [0.25, 0.3) is 5.91 Å². The minimum atomic E-state index is -0.262. The Hall–Kier alpha value is -3.18. The maximum absolute atomic E-state index is 12.6. The number of carbonyl (C=O) groups is 1. The first-order chi connectivity index (χ1) is 13.6. The number of rotatable bonds is 7. The molecule has 3 aromatic rings. The summed E-state index contributed by atoms with van der Waals surface area (Å²) in [5.74, 6) is 0.645. The van der Waals surface area contributed by atoms with E-state index in [1.807, 2.05) is 18.2 Å². The van der Waals surface area contributed by atoms with Crippen LogP contribution in [0, 0.1) is 0 Å². The van der Waals surface area contributed by atoms with Crippen LogP contribution >= 0.6 is 11.6 Å². The Kier molecular flexibility index (Phi) is 6.40. The third-order valence-electron chi connectivity index (χ3n) is 4.14. The fraction of sp³-hybridized carbons (Fsp3) is 0.136. The molecule has 0 aromatic heterocycles. The topological polar surface area (TPSA) is 67.8 Å². The Morgan fingerprint density at radius 3 is 2.43 bits per heavy atom. The molecule has 0 atom stereocenters. The lowest BCUT2D eigenvalue weighted by atomic mass is 10.1. The van der Waals surface area contributed by atoms with Crippen LogP contribution in [0.5, 0.6) is 17.2 Å². The smallest absolute Gasteiger partial charge is 0.255 e. The minimum absolute atomic E-state index is 0.0287. The second-order valence-electron chi connectivity index (χ2n) is 6.10. The van der Waals surface area contributed by atoms with Gasteiger partial charge in [-0.3, -0.25) is 4.79 Å². The van der Waals surface area contributed by atoms with E-state index in [2.05, 4.69) is 5.32 Å². The van der Waals surface area contributed by atoms with Gasteiger partial charge in [0.2, 0.25) is 0 Å². The maximum Gasteiger partial charge on any atom is 0.255 e. The summed E-state index contributed by atoms with van der Waals surface area (Å²) in [6.45, 7) is 0.593. The van der Waals surface area contributed by atoms with Crippen molar-refractivity contribution in [2.24, 2.45) is 0 Å². The van der Waals surface area contributed by atoms with Crippen molar-refractivity contribution in [1.82, 2.24) is 5.32 Å². The third-order valence-corrected chi connectivity index (χ3v) is 4.39. The Labute approximate surface area is 168 Å². The van der Waals surface area contributed by atoms with E-state index >= 15 is 0 Å². The highest BCUT2D eigenvalue weighted by atomic mass is 35.5. The Bertz CT molecular complexity index is 957. The van der Waals surface area contributed by atoms with E-state index < -0.39 is 0 Å². The predicted octanol–water partition coefficient (Wildman–Crippen LogP) is 4.56. The molecule has 0 saturated heterocycles. The van der Waals surface area contributed by atoms with Crippen LogP contribution in [0.2, 0.25) is 5.02 Å². The van der Waals surface area contributed by atoms with Crippen LogP contribution in [0.3, 0.4) is 0 Å². The van der Waals surface area contributed by atoms with Crippen LogP contribution in [-0.2, 0) is 13.2 Å². The Morgan fingerprint density at radius 2 is 1.71 bits per heavy atom. The summed E-state index contributed by atoms with van der Waals surface area (Å²) in [5, 5.41) is 13.3. The summed E-state index contributed by atoms with van der Waals surface area (Å²) >= 11 is 5.89. The second-order valence-corrected chi connectivity index (χ2v) is 6.54. The quantitative estimate of drug-likeness (QED) is 0.613. The van der Waals surface area contributed by atoms with Gasteiger partial charge in [-0.15, -0.1) is 0 Å². The summed E-state index contributed by atoms with van der Waals surface area (Å²) in [4.78, 5) is 12.6. The molecule has 0 bridgehead atoms. The first-order valence-corrected chi connectivity index (χ1v) is 9.05. The lowest BCUT2D eigenvalue weighted by molar-refractivity contribution is 0.0946. The number of phenols is 1.